The van der Waals surface area contributed by atoms with E-state index in [0.717, 1.165) is 0 Å². The SMILES string of the molecule is CC(C)CC(=O)Nc1nnnc2c1cnn2C1C[C@H](O)[C@@H](CO)O1. The summed E-state index contributed by atoms with van der Waals surface area (Å²) in [5.41, 5.74) is 0.389. The zero-order valence-corrected chi connectivity index (χ0v) is 13.5. The maximum absolute atomic E-state index is 11.9. The van der Waals surface area contributed by atoms with Crippen LogP contribution in [0.4, 0.5) is 5.82 Å². The number of amides is 1. The van der Waals surface area contributed by atoms with Crippen LogP contribution >= 0.6 is 0 Å². The summed E-state index contributed by atoms with van der Waals surface area (Å²) in [5, 5.41) is 38.0. The van der Waals surface area contributed by atoms with Gasteiger partial charge in [-0.3, -0.25) is 4.79 Å². The summed E-state index contributed by atoms with van der Waals surface area (Å²) in [7, 11) is 0. The molecule has 3 rings (SSSR count). The van der Waals surface area contributed by atoms with Crippen molar-refractivity contribution in [2.24, 2.45) is 5.92 Å². The highest BCUT2D eigenvalue weighted by Gasteiger charge is 2.36. The molecule has 0 saturated carbocycles. The molecule has 0 spiro atoms. The van der Waals surface area contributed by atoms with Crippen LogP contribution in [0.2, 0.25) is 0 Å². The zero-order valence-electron chi connectivity index (χ0n) is 13.5. The maximum Gasteiger partial charge on any atom is 0.225 e. The molecule has 1 amide bonds. The number of carbonyl (C=O) groups is 1. The molecule has 0 radical (unpaired) electrons. The topological polar surface area (TPSA) is 135 Å². The Morgan fingerprint density at radius 2 is 2.29 bits per heavy atom. The summed E-state index contributed by atoms with van der Waals surface area (Å²) in [6, 6.07) is 0. The van der Waals surface area contributed by atoms with Crippen molar-refractivity contribution in [3.8, 4) is 0 Å². The van der Waals surface area contributed by atoms with Crippen molar-refractivity contribution in [2.45, 2.75) is 45.1 Å². The van der Waals surface area contributed by atoms with E-state index < -0.39 is 18.4 Å². The molecule has 1 unspecified atom stereocenters. The van der Waals surface area contributed by atoms with Crippen LogP contribution in [0.5, 0.6) is 0 Å². The van der Waals surface area contributed by atoms with Gasteiger partial charge in [0.25, 0.3) is 0 Å². The molecule has 2 aromatic rings. The van der Waals surface area contributed by atoms with Gasteiger partial charge in [-0.15, -0.1) is 10.2 Å². The van der Waals surface area contributed by atoms with Crippen LogP contribution in [0.3, 0.4) is 0 Å². The number of aliphatic hydroxyl groups excluding tert-OH is 2. The number of ether oxygens (including phenoxy) is 1. The van der Waals surface area contributed by atoms with E-state index in [9.17, 15) is 15.0 Å². The van der Waals surface area contributed by atoms with Crippen LogP contribution in [-0.2, 0) is 9.53 Å². The van der Waals surface area contributed by atoms with Crippen molar-refractivity contribution < 1.29 is 19.7 Å². The monoisotopic (exact) mass is 336 g/mol. The van der Waals surface area contributed by atoms with E-state index in [1.807, 2.05) is 13.8 Å². The summed E-state index contributed by atoms with van der Waals surface area (Å²) in [6.07, 6.45) is 0.167. The molecule has 1 saturated heterocycles. The Hall–Kier alpha value is -2.17. The predicted octanol–water partition coefficient (Wildman–Crippen LogP) is -0.153. The van der Waals surface area contributed by atoms with Gasteiger partial charge in [-0.25, -0.2) is 4.68 Å². The lowest BCUT2D eigenvalue weighted by Gasteiger charge is -2.12. The van der Waals surface area contributed by atoms with Gasteiger partial charge in [0, 0.05) is 12.8 Å². The van der Waals surface area contributed by atoms with Gasteiger partial charge < -0.3 is 20.3 Å². The standard InChI is InChI=1S/C14H20N6O4/c1-7(2)3-11(23)16-13-8-5-15-20(14(8)18-19-17-13)12-4-9(22)10(6-21)24-12/h5,7,9-10,12,21-22H,3-4,6H2,1-2H3,(H,16,17,18,23)/t9-,10+,12?/m0/s1. The van der Waals surface area contributed by atoms with Crippen molar-refractivity contribution >= 4 is 22.8 Å². The van der Waals surface area contributed by atoms with Gasteiger partial charge in [0.1, 0.15) is 6.10 Å². The van der Waals surface area contributed by atoms with Gasteiger partial charge >= 0.3 is 0 Å². The van der Waals surface area contributed by atoms with Crippen molar-refractivity contribution in [3.05, 3.63) is 6.20 Å². The minimum atomic E-state index is -0.778. The first-order chi connectivity index (χ1) is 11.5. The summed E-state index contributed by atoms with van der Waals surface area (Å²) in [5.74, 6) is 0.350. The summed E-state index contributed by atoms with van der Waals surface area (Å²) < 4.78 is 7.05. The third-order valence-electron chi connectivity index (χ3n) is 3.82. The zero-order chi connectivity index (χ0) is 17.3. The maximum atomic E-state index is 11.9. The number of fused-ring (bicyclic) bond motifs is 1. The van der Waals surface area contributed by atoms with Crippen LogP contribution in [-0.4, -0.2) is 60.1 Å². The minimum absolute atomic E-state index is 0.160. The van der Waals surface area contributed by atoms with Crippen molar-refractivity contribution in [1.82, 2.24) is 25.2 Å². The predicted molar refractivity (Wildman–Crippen MR) is 82.8 cm³/mol. The fraction of sp³-hybridized carbons (Fsp3) is 0.643. The number of aromatic nitrogens is 5. The smallest absolute Gasteiger partial charge is 0.225 e. The second-order valence-corrected chi connectivity index (χ2v) is 6.23. The van der Waals surface area contributed by atoms with Gasteiger partial charge in [-0.2, -0.15) is 5.10 Å². The first kappa shape index (κ1) is 16.7. The van der Waals surface area contributed by atoms with Crippen LogP contribution < -0.4 is 5.32 Å². The first-order valence-corrected chi connectivity index (χ1v) is 7.80. The Morgan fingerprint density at radius 3 is 2.96 bits per heavy atom. The van der Waals surface area contributed by atoms with Gasteiger partial charge in [0.15, 0.2) is 17.7 Å². The molecule has 2 aromatic heterocycles. The Labute approximate surface area is 137 Å². The van der Waals surface area contributed by atoms with E-state index in [4.69, 9.17) is 4.74 Å². The minimum Gasteiger partial charge on any atom is -0.394 e. The lowest BCUT2D eigenvalue weighted by atomic mass is 10.1. The van der Waals surface area contributed by atoms with E-state index in [1.54, 1.807) is 0 Å². The lowest BCUT2D eigenvalue weighted by molar-refractivity contribution is -0.116. The summed E-state index contributed by atoms with van der Waals surface area (Å²) >= 11 is 0. The number of aliphatic hydroxyl groups is 2. The van der Waals surface area contributed by atoms with E-state index in [-0.39, 0.29) is 30.7 Å². The normalized spacial score (nSPS) is 24.0. The van der Waals surface area contributed by atoms with E-state index in [0.29, 0.717) is 17.5 Å². The van der Waals surface area contributed by atoms with E-state index in [1.165, 1.54) is 10.9 Å². The average Bonchev–Trinajstić information content (AvgIpc) is 3.10. The third kappa shape index (κ3) is 3.21. The number of hydrogen-bond donors (Lipinski definition) is 3. The van der Waals surface area contributed by atoms with E-state index in [2.05, 4.69) is 25.8 Å². The quantitative estimate of drug-likeness (QED) is 0.686. The highest BCUT2D eigenvalue weighted by Crippen LogP contribution is 2.31. The van der Waals surface area contributed by atoms with Gasteiger partial charge in [-0.05, 0) is 11.1 Å². The molecule has 1 fully saturated rings. The lowest BCUT2D eigenvalue weighted by Crippen LogP contribution is -2.24. The highest BCUT2D eigenvalue weighted by atomic mass is 16.5. The molecule has 3 N–H and O–H groups in total. The van der Waals surface area contributed by atoms with Gasteiger partial charge in [0.05, 0.1) is 24.3 Å². The van der Waals surface area contributed by atoms with Crippen molar-refractivity contribution in [1.29, 1.82) is 0 Å². The summed E-state index contributed by atoms with van der Waals surface area (Å²) in [4.78, 5) is 11.9. The van der Waals surface area contributed by atoms with Crippen LogP contribution in [0.1, 0.15) is 32.9 Å². The highest BCUT2D eigenvalue weighted by molar-refractivity contribution is 5.97. The molecule has 130 valence electrons. The number of carbonyl (C=O) groups excluding carboxylic acids is 1. The molecule has 3 atom stereocenters. The molecule has 10 heteroatoms. The van der Waals surface area contributed by atoms with Gasteiger partial charge in [-0.1, -0.05) is 13.8 Å². The molecule has 0 aromatic carbocycles. The molecule has 24 heavy (non-hydrogen) atoms. The fourth-order valence-electron chi connectivity index (χ4n) is 2.67. The molecule has 0 aliphatic carbocycles. The second kappa shape index (κ2) is 6.75. The Morgan fingerprint density at radius 1 is 1.50 bits per heavy atom. The number of rotatable bonds is 5. The van der Waals surface area contributed by atoms with Crippen LogP contribution in [0, 0.1) is 5.92 Å². The Balaban J connectivity index is 1.86. The Kier molecular flexibility index (Phi) is 4.69. The number of hydrogen-bond acceptors (Lipinski definition) is 8. The largest absolute Gasteiger partial charge is 0.394 e. The van der Waals surface area contributed by atoms with Crippen LogP contribution in [0.25, 0.3) is 11.0 Å². The third-order valence-corrected chi connectivity index (χ3v) is 3.82. The molecule has 1 aliphatic rings. The van der Waals surface area contributed by atoms with E-state index >= 15 is 0 Å². The molecule has 10 nitrogen and oxygen atoms in total. The molecule has 0 bridgehead atoms. The second-order valence-electron chi connectivity index (χ2n) is 6.23. The van der Waals surface area contributed by atoms with Crippen LogP contribution in [0.15, 0.2) is 6.20 Å². The number of anilines is 1. The van der Waals surface area contributed by atoms with Gasteiger partial charge in [0.2, 0.25) is 5.91 Å². The molecule has 1 aliphatic heterocycles. The molecular formula is C14H20N6O4. The summed E-state index contributed by atoms with van der Waals surface area (Å²) in [6.45, 7) is 3.62. The first-order valence-electron chi connectivity index (χ1n) is 7.80. The number of nitrogens with zero attached hydrogens (tertiary/aromatic N) is 5. The average molecular weight is 336 g/mol. The molecular weight excluding hydrogens is 316 g/mol. The fourth-order valence-corrected chi connectivity index (χ4v) is 2.67. The van der Waals surface area contributed by atoms with Crippen molar-refractivity contribution in [3.63, 3.8) is 0 Å². The van der Waals surface area contributed by atoms with Crippen molar-refractivity contribution in [2.75, 3.05) is 11.9 Å². The number of nitrogens with one attached hydrogen (secondary N) is 1. The molecule has 3 heterocycles. The Bertz CT molecular complexity index is 733.